The van der Waals surface area contributed by atoms with Gasteiger partial charge in [-0.3, -0.25) is 14.6 Å². The lowest BCUT2D eigenvalue weighted by Gasteiger charge is -2.62. The second kappa shape index (κ2) is 9.42. The number of fused-ring (bicyclic) bond motifs is 9. The number of nitriles is 1. The van der Waals surface area contributed by atoms with E-state index in [4.69, 9.17) is 19.9 Å². The van der Waals surface area contributed by atoms with Crippen LogP contribution in [0.2, 0.25) is 0 Å². The largest absolute Gasteiger partial charge is 0.504 e. The summed E-state index contributed by atoms with van der Waals surface area (Å²) in [6, 6.07) is 2.73. The van der Waals surface area contributed by atoms with Gasteiger partial charge in [0.25, 0.3) is 0 Å². The number of thioether (sulfide) groups is 1. The lowest BCUT2D eigenvalue weighted by molar-refractivity contribution is -0.123. The number of carbonyl (C=O) groups excluding carboxylic acids is 1. The summed E-state index contributed by atoms with van der Waals surface area (Å²) in [6.07, 6.45) is 0.613. The lowest BCUT2D eigenvalue weighted by Crippen LogP contribution is -2.69. The van der Waals surface area contributed by atoms with E-state index in [0.717, 1.165) is 44.7 Å². The summed E-state index contributed by atoms with van der Waals surface area (Å²) in [5.41, 5.74) is 13.4. The number of methoxy groups -OCH3 is 1. The molecule has 7 atom stereocenters. The van der Waals surface area contributed by atoms with Crippen molar-refractivity contribution in [3.8, 4) is 29.1 Å². The molecule has 4 unspecified atom stereocenters. The van der Waals surface area contributed by atoms with Crippen molar-refractivity contribution in [1.82, 2.24) is 15.1 Å². The second-order valence-corrected chi connectivity index (χ2v) is 13.0. The van der Waals surface area contributed by atoms with E-state index in [1.54, 1.807) is 18.9 Å². The summed E-state index contributed by atoms with van der Waals surface area (Å²) in [5, 5.41) is 25.4. The number of nitrogens with one attached hydrogen (secondary N) is 1. The zero-order valence-electron chi connectivity index (χ0n) is 23.9. The van der Waals surface area contributed by atoms with Gasteiger partial charge in [0.1, 0.15) is 6.04 Å². The van der Waals surface area contributed by atoms with E-state index in [9.17, 15) is 15.2 Å². The van der Waals surface area contributed by atoms with Gasteiger partial charge < -0.3 is 30.4 Å². The van der Waals surface area contributed by atoms with Gasteiger partial charge in [-0.2, -0.15) is 5.26 Å². The minimum absolute atomic E-state index is 0.117. The van der Waals surface area contributed by atoms with Crippen molar-refractivity contribution in [3.63, 3.8) is 0 Å². The number of amides is 1. The maximum atomic E-state index is 13.0. The van der Waals surface area contributed by atoms with E-state index in [1.165, 1.54) is 0 Å². The number of nitrogens with zero attached hydrogens (tertiary/aromatic N) is 3. The zero-order valence-corrected chi connectivity index (χ0v) is 24.7. The Morgan fingerprint density at radius 2 is 1.95 bits per heavy atom. The van der Waals surface area contributed by atoms with Gasteiger partial charge in [-0.15, -0.1) is 11.8 Å². The van der Waals surface area contributed by atoms with E-state index in [2.05, 4.69) is 48.1 Å². The number of nitrogens with two attached hydrogens (primary N) is 1. The molecule has 41 heavy (non-hydrogen) atoms. The fourth-order valence-electron chi connectivity index (χ4n) is 8.04. The van der Waals surface area contributed by atoms with Crippen molar-refractivity contribution in [1.29, 1.82) is 5.26 Å². The molecule has 7 rings (SSSR count). The van der Waals surface area contributed by atoms with Gasteiger partial charge >= 0.3 is 0 Å². The third-order valence-electron chi connectivity index (χ3n) is 9.95. The number of piperazine rings is 1. The molecule has 0 aromatic heterocycles. The lowest BCUT2D eigenvalue weighted by atomic mass is 9.71. The number of aryl methyl sites for hydroxylation is 1. The van der Waals surface area contributed by atoms with Crippen LogP contribution in [-0.2, 0) is 11.2 Å². The van der Waals surface area contributed by atoms with Crippen LogP contribution in [0.4, 0.5) is 0 Å². The van der Waals surface area contributed by atoms with E-state index in [-0.39, 0.29) is 54.4 Å². The van der Waals surface area contributed by atoms with Crippen molar-refractivity contribution >= 4 is 17.7 Å². The molecule has 216 valence electrons. The molecule has 4 bridgehead atoms. The summed E-state index contributed by atoms with van der Waals surface area (Å²) >= 11 is 1.65. The smallest absolute Gasteiger partial charge is 0.237 e. The molecule has 2 fully saturated rings. The maximum Gasteiger partial charge on any atom is 0.237 e. The monoisotopic (exact) mass is 577 g/mol. The standard InChI is InChI=1S/C30H35N5O5S/c1-12-6-15-7-17-18(8-31)35-19-9-33-30(37)16(32)10-41-29(20-13(2)14(3)27-28(22(19)20)40-11-39-27)24(35)23(34(17)4)21(15)25(36)26(12)38-5/h6,16-19,23-24,29,36H,7,9-11,32H2,1-5H3,(H,33,37)/t16?,17?,18-,19-,23?,24?,29+/m0/s1. The van der Waals surface area contributed by atoms with Gasteiger partial charge in [0.05, 0.1) is 31.3 Å². The van der Waals surface area contributed by atoms with Gasteiger partial charge in [-0.05, 0) is 62.1 Å². The fourth-order valence-corrected chi connectivity index (χ4v) is 9.57. The molecule has 0 aliphatic carbocycles. The third-order valence-corrected chi connectivity index (χ3v) is 11.4. The van der Waals surface area contributed by atoms with E-state index >= 15 is 0 Å². The molecule has 0 spiro atoms. The van der Waals surface area contributed by atoms with Crippen molar-refractivity contribution in [2.24, 2.45) is 5.73 Å². The highest BCUT2D eigenvalue weighted by Gasteiger charge is 2.59. The molecular weight excluding hydrogens is 542 g/mol. The Bertz CT molecular complexity index is 1520. The molecule has 2 aromatic carbocycles. The summed E-state index contributed by atoms with van der Waals surface area (Å²) in [7, 11) is 3.65. The first-order valence-electron chi connectivity index (χ1n) is 14.0. The summed E-state index contributed by atoms with van der Waals surface area (Å²) in [6.45, 7) is 6.53. The highest BCUT2D eigenvalue weighted by atomic mass is 32.2. The quantitative estimate of drug-likeness (QED) is 0.464. The Hall–Kier alpha value is -3.17. The van der Waals surface area contributed by atoms with Crippen LogP contribution in [-0.4, -0.2) is 78.2 Å². The second-order valence-electron chi connectivity index (χ2n) is 11.8. The number of hydrogen-bond acceptors (Lipinski definition) is 10. The van der Waals surface area contributed by atoms with Gasteiger partial charge in [0.15, 0.2) is 23.0 Å². The normalized spacial score (nSPS) is 31.9. The Morgan fingerprint density at radius 1 is 1.20 bits per heavy atom. The molecule has 2 aromatic rings. The average Bonchev–Trinajstić information content (AvgIpc) is 3.44. The number of ether oxygens (including phenoxy) is 3. The van der Waals surface area contributed by atoms with Gasteiger partial charge in [-0.1, -0.05) is 6.07 Å². The molecular formula is C30H35N5O5S. The zero-order chi connectivity index (χ0) is 28.9. The molecule has 5 aliphatic heterocycles. The highest BCUT2D eigenvalue weighted by Crippen LogP contribution is 2.62. The maximum absolute atomic E-state index is 13.0. The third kappa shape index (κ3) is 3.51. The number of hydrogen-bond donors (Lipinski definition) is 3. The topological polar surface area (TPSA) is 133 Å². The first-order chi connectivity index (χ1) is 19.7. The predicted octanol–water partition coefficient (Wildman–Crippen LogP) is 2.52. The number of carbonyl (C=O) groups is 1. The summed E-state index contributed by atoms with van der Waals surface area (Å²) < 4.78 is 17.8. The molecule has 0 radical (unpaired) electrons. The van der Waals surface area contributed by atoms with Crippen LogP contribution in [0.25, 0.3) is 0 Å². The number of phenolic OH excluding ortho intramolecular Hbond substituents is 1. The summed E-state index contributed by atoms with van der Waals surface area (Å²) in [5.74, 6) is 2.29. The van der Waals surface area contributed by atoms with Gasteiger partial charge in [-0.25, -0.2) is 0 Å². The number of likely N-dealkylation sites (N-methyl/N-ethyl adjacent to an activating group) is 1. The minimum atomic E-state index is -0.665. The van der Waals surface area contributed by atoms with Crippen LogP contribution in [0.5, 0.6) is 23.0 Å². The minimum Gasteiger partial charge on any atom is -0.504 e. The van der Waals surface area contributed by atoms with E-state index in [1.807, 2.05) is 6.92 Å². The SMILES string of the molecule is COc1c(C)cc2c(c1O)C1C3[C@@H]4SCC(N)C(=O)NC[C@@H](c5c6c(c(C)c(C)c54)OCO6)N3[C@@H](C#N)C(C2)N1C. The highest BCUT2D eigenvalue weighted by molar-refractivity contribution is 7.99. The van der Waals surface area contributed by atoms with Crippen LogP contribution < -0.4 is 25.3 Å². The predicted molar refractivity (Wildman–Crippen MR) is 153 cm³/mol. The van der Waals surface area contributed by atoms with Crippen LogP contribution in [0, 0.1) is 32.1 Å². The molecule has 4 N–H and O–H groups in total. The Labute approximate surface area is 243 Å². The van der Waals surface area contributed by atoms with Gasteiger partial charge in [0.2, 0.25) is 12.7 Å². The molecule has 1 amide bonds. The van der Waals surface area contributed by atoms with Crippen LogP contribution in [0.3, 0.4) is 0 Å². The fraction of sp³-hybridized carbons (Fsp3) is 0.533. The van der Waals surface area contributed by atoms with Crippen molar-refractivity contribution in [2.45, 2.75) is 68.7 Å². The van der Waals surface area contributed by atoms with Crippen LogP contribution in [0.1, 0.15) is 56.3 Å². The van der Waals surface area contributed by atoms with Crippen LogP contribution in [0.15, 0.2) is 6.07 Å². The Balaban J connectivity index is 1.54. The number of aromatic hydroxyl groups is 1. The van der Waals surface area contributed by atoms with Crippen molar-refractivity contribution < 1.29 is 24.1 Å². The summed E-state index contributed by atoms with van der Waals surface area (Å²) in [4.78, 5) is 17.6. The first-order valence-corrected chi connectivity index (χ1v) is 15.1. The molecule has 5 heterocycles. The average molecular weight is 578 g/mol. The number of rotatable bonds is 1. The Morgan fingerprint density at radius 3 is 2.68 bits per heavy atom. The van der Waals surface area contributed by atoms with Crippen molar-refractivity contribution in [3.05, 3.63) is 45.0 Å². The number of benzene rings is 2. The van der Waals surface area contributed by atoms with E-state index in [0.29, 0.717) is 23.7 Å². The first kappa shape index (κ1) is 26.7. The molecule has 10 nitrogen and oxygen atoms in total. The van der Waals surface area contributed by atoms with Crippen molar-refractivity contribution in [2.75, 3.05) is 33.2 Å². The van der Waals surface area contributed by atoms with Gasteiger partial charge in [0, 0.05) is 40.8 Å². The number of phenols is 1. The Kier molecular flexibility index (Phi) is 6.14. The molecule has 5 aliphatic rings. The van der Waals surface area contributed by atoms with Crippen LogP contribution >= 0.6 is 11.8 Å². The van der Waals surface area contributed by atoms with E-state index < -0.39 is 12.1 Å². The molecule has 0 saturated carbocycles. The molecule has 2 saturated heterocycles. The molecule has 11 heteroatoms.